The van der Waals surface area contributed by atoms with Crippen LogP contribution in [0.3, 0.4) is 0 Å². The molecule has 0 spiro atoms. The molecular formula is C23H25FN4O4. The van der Waals surface area contributed by atoms with E-state index in [1.165, 1.54) is 6.07 Å². The van der Waals surface area contributed by atoms with Gasteiger partial charge in [-0.3, -0.25) is 4.98 Å². The fourth-order valence-corrected chi connectivity index (χ4v) is 3.28. The maximum absolute atomic E-state index is 13.8. The Balaban J connectivity index is 1.97. The second-order valence-corrected chi connectivity index (χ2v) is 7.13. The van der Waals surface area contributed by atoms with E-state index in [2.05, 4.69) is 15.3 Å². The first-order valence-corrected chi connectivity index (χ1v) is 9.96. The Morgan fingerprint density at radius 1 is 1.22 bits per heavy atom. The normalized spacial score (nSPS) is 11.8. The fourth-order valence-electron chi connectivity index (χ4n) is 3.28. The molecule has 1 aromatic carbocycles. The van der Waals surface area contributed by atoms with Gasteiger partial charge < -0.3 is 25.6 Å². The Morgan fingerprint density at radius 3 is 2.69 bits per heavy atom. The minimum atomic E-state index is -1.18. The van der Waals surface area contributed by atoms with Crippen molar-refractivity contribution in [1.29, 1.82) is 0 Å². The number of hydrogen-bond donors (Lipinski definition) is 3. The predicted molar refractivity (Wildman–Crippen MR) is 118 cm³/mol. The lowest BCUT2D eigenvalue weighted by molar-refractivity contribution is 0.0691. The summed E-state index contributed by atoms with van der Waals surface area (Å²) >= 11 is 0. The largest absolute Gasteiger partial charge is 0.494 e. The summed E-state index contributed by atoms with van der Waals surface area (Å²) in [5, 5.41) is 12.5. The van der Waals surface area contributed by atoms with Gasteiger partial charge in [0.2, 0.25) is 0 Å². The maximum Gasteiger partial charge on any atom is 0.336 e. The topological polar surface area (TPSA) is 120 Å². The molecule has 32 heavy (non-hydrogen) atoms. The quantitative estimate of drug-likeness (QED) is 0.463. The van der Waals surface area contributed by atoms with Gasteiger partial charge in [0.1, 0.15) is 17.7 Å². The summed E-state index contributed by atoms with van der Waals surface area (Å²) in [4.78, 5) is 20.2. The standard InChI is InChI=1S/C23H25FN4O4/c1-13(18-9-15(24)4-5-17(18)23(29)30)32-20-8-14(11-28-22(20)25)19-10-16(6-7-26-2)27-12-21(19)31-3/h4-5,8-13,26H,6-7H2,1-3H3,(H2,25,28)(H,29,30). The molecule has 0 amide bonds. The van der Waals surface area contributed by atoms with Crippen molar-refractivity contribution >= 4 is 11.8 Å². The van der Waals surface area contributed by atoms with Crippen LogP contribution < -0.4 is 20.5 Å². The number of nitrogens with zero attached hydrogens (tertiary/aromatic N) is 2. The third-order valence-corrected chi connectivity index (χ3v) is 4.95. The number of anilines is 1. The number of benzene rings is 1. The van der Waals surface area contributed by atoms with Crippen molar-refractivity contribution in [3.05, 3.63) is 65.4 Å². The number of likely N-dealkylation sites (N-methyl/N-ethyl adjacent to an activating group) is 1. The number of aromatic carboxylic acids is 1. The van der Waals surface area contributed by atoms with Crippen molar-refractivity contribution in [2.24, 2.45) is 0 Å². The van der Waals surface area contributed by atoms with Crippen molar-refractivity contribution < 1.29 is 23.8 Å². The van der Waals surface area contributed by atoms with Crippen molar-refractivity contribution in [2.45, 2.75) is 19.4 Å². The van der Waals surface area contributed by atoms with E-state index in [-0.39, 0.29) is 22.7 Å². The van der Waals surface area contributed by atoms with Crippen molar-refractivity contribution in [2.75, 3.05) is 26.4 Å². The van der Waals surface area contributed by atoms with E-state index >= 15 is 0 Å². The number of carbonyl (C=O) groups is 1. The van der Waals surface area contributed by atoms with Crippen LogP contribution in [0.5, 0.6) is 11.5 Å². The summed E-state index contributed by atoms with van der Waals surface area (Å²) in [6, 6.07) is 7.04. The van der Waals surface area contributed by atoms with E-state index in [0.29, 0.717) is 11.3 Å². The molecule has 3 rings (SSSR count). The van der Waals surface area contributed by atoms with E-state index in [4.69, 9.17) is 15.2 Å². The van der Waals surface area contributed by atoms with Gasteiger partial charge >= 0.3 is 5.97 Å². The zero-order valence-electron chi connectivity index (χ0n) is 18.1. The highest BCUT2D eigenvalue weighted by Gasteiger charge is 2.20. The monoisotopic (exact) mass is 440 g/mol. The van der Waals surface area contributed by atoms with Gasteiger partial charge in [-0.1, -0.05) is 0 Å². The van der Waals surface area contributed by atoms with Gasteiger partial charge in [-0.2, -0.15) is 0 Å². The van der Waals surface area contributed by atoms with Gasteiger partial charge in [0.05, 0.1) is 18.9 Å². The first-order chi connectivity index (χ1) is 15.3. The van der Waals surface area contributed by atoms with Crippen molar-refractivity contribution in [3.63, 3.8) is 0 Å². The third-order valence-electron chi connectivity index (χ3n) is 4.95. The second kappa shape index (κ2) is 10.1. The molecule has 168 valence electrons. The first kappa shape index (κ1) is 23.0. The third kappa shape index (κ3) is 5.12. The molecule has 3 aromatic rings. The second-order valence-electron chi connectivity index (χ2n) is 7.13. The number of rotatable bonds is 9. The Bertz CT molecular complexity index is 1120. The van der Waals surface area contributed by atoms with Crippen LogP contribution in [0.4, 0.5) is 10.2 Å². The van der Waals surface area contributed by atoms with E-state index in [0.717, 1.165) is 36.4 Å². The summed E-state index contributed by atoms with van der Waals surface area (Å²) in [6.45, 7) is 2.39. The molecule has 0 bridgehead atoms. The van der Waals surface area contributed by atoms with E-state index in [1.54, 1.807) is 32.5 Å². The summed E-state index contributed by atoms with van der Waals surface area (Å²) in [5.74, 6) is -0.813. The molecule has 1 atom stereocenters. The zero-order valence-corrected chi connectivity index (χ0v) is 18.1. The van der Waals surface area contributed by atoms with Crippen LogP contribution in [0.2, 0.25) is 0 Å². The van der Waals surface area contributed by atoms with Crippen LogP contribution in [-0.4, -0.2) is 41.7 Å². The zero-order chi connectivity index (χ0) is 23.3. The van der Waals surface area contributed by atoms with Gasteiger partial charge in [-0.15, -0.1) is 0 Å². The van der Waals surface area contributed by atoms with Gasteiger partial charge in [-0.05, 0) is 44.3 Å². The van der Waals surface area contributed by atoms with Crippen LogP contribution in [0, 0.1) is 5.82 Å². The highest BCUT2D eigenvalue weighted by atomic mass is 19.1. The molecule has 9 heteroatoms. The maximum atomic E-state index is 13.8. The van der Waals surface area contributed by atoms with Crippen LogP contribution in [0.25, 0.3) is 11.1 Å². The molecule has 2 aromatic heterocycles. The SMILES string of the molecule is CNCCc1cc(-c2cnc(N)c(OC(C)c3cc(F)ccc3C(=O)O)c2)c(OC)cn1. The van der Waals surface area contributed by atoms with Gasteiger partial charge in [0.25, 0.3) is 0 Å². The average Bonchev–Trinajstić information content (AvgIpc) is 2.78. The lowest BCUT2D eigenvalue weighted by Gasteiger charge is -2.19. The van der Waals surface area contributed by atoms with Crippen LogP contribution in [-0.2, 0) is 6.42 Å². The number of carboxylic acid groups (broad SMARTS) is 1. The lowest BCUT2D eigenvalue weighted by atomic mass is 10.0. The van der Waals surface area contributed by atoms with E-state index in [9.17, 15) is 14.3 Å². The summed E-state index contributed by atoms with van der Waals surface area (Å²) in [5.41, 5.74) is 8.47. The molecular weight excluding hydrogens is 415 g/mol. The number of hydrogen-bond acceptors (Lipinski definition) is 7. The molecule has 2 heterocycles. The van der Waals surface area contributed by atoms with Crippen molar-refractivity contribution in [3.8, 4) is 22.6 Å². The molecule has 0 radical (unpaired) electrons. The molecule has 8 nitrogen and oxygen atoms in total. The molecule has 0 aliphatic carbocycles. The van der Waals surface area contributed by atoms with Crippen LogP contribution in [0.1, 0.15) is 34.6 Å². The minimum Gasteiger partial charge on any atom is -0.494 e. The fraction of sp³-hybridized carbons (Fsp3) is 0.261. The minimum absolute atomic E-state index is 0.0495. The van der Waals surface area contributed by atoms with E-state index in [1.807, 2.05) is 13.1 Å². The number of methoxy groups -OCH3 is 1. The molecule has 0 saturated heterocycles. The number of halogens is 1. The highest BCUT2D eigenvalue weighted by molar-refractivity contribution is 5.89. The summed E-state index contributed by atoms with van der Waals surface area (Å²) in [6.07, 6.45) is 3.18. The molecule has 0 fully saturated rings. The number of nitrogens with two attached hydrogens (primary N) is 1. The molecule has 4 N–H and O–H groups in total. The van der Waals surface area contributed by atoms with Crippen molar-refractivity contribution in [1.82, 2.24) is 15.3 Å². The number of carboxylic acids is 1. The Hall–Kier alpha value is -3.72. The number of ether oxygens (including phenoxy) is 2. The highest BCUT2D eigenvalue weighted by Crippen LogP contribution is 2.35. The Kier molecular flexibility index (Phi) is 7.21. The molecule has 0 aliphatic rings. The molecule has 0 saturated carbocycles. The van der Waals surface area contributed by atoms with Crippen LogP contribution in [0.15, 0.2) is 42.7 Å². The Labute approximate surface area is 185 Å². The number of nitrogens with one attached hydrogen (secondary N) is 1. The lowest BCUT2D eigenvalue weighted by Crippen LogP contribution is -2.12. The Morgan fingerprint density at radius 2 is 2.00 bits per heavy atom. The van der Waals surface area contributed by atoms with Gasteiger partial charge in [-0.25, -0.2) is 14.2 Å². The smallest absolute Gasteiger partial charge is 0.336 e. The number of pyridine rings is 2. The van der Waals surface area contributed by atoms with Gasteiger partial charge in [0.15, 0.2) is 11.6 Å². The average molecular weight is 440 g/mol. The predicted octanol–water partition coefficient (Wildman–Crippen LogP) is 3.47. The van der Waals surface area contributed by atoms with Crippen LogP contribution >= 0.6 is 0 Å². The number of aromatic nitrogens is 2. The first-order valence-electron chi connectivity index (χ1n) is 9.96. The summed E-state index contributed by atoms with van der Waals surface area (Å²) in [7, 11) is 3.42. The molecule has 1 unspecified atom stereocenters. The molecule has 0 aliphatic heterocycles. The number of nitrogen functional groups attached to an aromatic ring is 1. The van der Waals surface area contributed by atoms with E-state index < -0.39 is 17.9 Å². The van der Waals surface area contributed by atoms with Gasteiger partial charge in [0, 0.05) is 41.5 Å². The summed E-state index contributed by atoms with van der Waals surface area (Å²) < 4.78 is 25.1.